The second-order valence-corrected chi connectivity index (χ2v) is 23.4. The van der Waals surface area contributed by atoms with E-state index in [1.807, 2.05) is 0 Å². The average Bonchev–Trinajstić information content (AvgIpc) is 3.20. The smallest absolute Gasteiger partial charge is 0.326 e. The first-order valence-electron chi connectivity index (χ1n) is 30.0. The molecule has 18 N–H and O–H groups in total. The minimum absolute atomic E-state index is 0.0282. The fourth-order valence-corrected chi connectivity index (χ4v) is 9.82. The van der Waals surface area contributed by atoms with E-state index >= 15 is 0 Å². The van der Waals surface area contributed by atoms with Crippen LogP contribution < -0.4 is 70.4 Å². The van der Waals surface area contributed by atoms with E-state index in [4.69, 9.17) is 17.2 Å². The van der Waals surface area contributed by atoms with Gasteiger partial charge in [0.2, 0.25) is 65.0 Å². The van der Waals surface area contributed by atoms with Crippen LogP contribution in [-0.2, 0) is 76.8 Å². The van der Waals surface area contributed by atoms with Crippen molar-refractivity contribution in [3.63, 3.8) is 0 Å². The molecule has 0 aromatic heterocycles. The molecule has 0 radical (unpaired) electrons. The standard InChI is InChI=1S/C62H89N13O14/c1-34(2)29-44(56(82)73-48(62(88)89)32-38-17-11-8-12-18-38)69-54(80)42(19-13-27-63)68-60(86)51(35(3)4)75-59(85)46(31-39-21-23-40(76)24-22-39)70-55(81)43(25-26-49(64)77)67-58(84)47(33-50(65)78)71-57(83)45(30-37-15-9-7-10-16-37)72-61(87)52(36(5)6)74-53(79)41-20-14-28-66-41/h7-12,15-18,21-24,34-36,41-48,51-52,66,76H,13-14,19-20,25-33,63H2,1-6H3,(H2,64,77)(H2,65,78)(H,67,84)(H,68,86)(H,69,80)(H,70,81)(H,71,83)(H,72,87)(H,73,82)(H,74,79)(H,75,85)(H,88,89)/t41-,42-,43-,44-,45-,46-,47-,48-,51-,52-/m0/s1. The number of aromatic hydroxyl groups is 1. The number of nitrogens with two attached hydrogens (primary N) is 3. The summed E-state index contributed by atoms with van der Waals surface area (Å²) in [7, 11) is 0. The van der Waals surface area contributed by atoms with Gasteiger partial charge in [0, 0.05) is 25.7 Å². The summed E-state index contributed by atoms with van der Waals surface area (Å²) in [5.74, 6) is -12.4. The van der Waals surface area contributed by atoms with E-state index in [0.717, 1.165) is 6.42 Å². The fourth-order valence-electron chi connectivity index (χ4n) is 9.82. The molecule has 486 valence electrons. The predicted molar refractivity (Wildman–Crippen MR) is 328 cm³/mol. The van der Waals surface area contributed by atoms with Crippen molar-refractivity contribution in [1.29, 1.82) is 0 Å². The second kappa shape index (κ2) is 36.4. The summed E-state index contributed by atoms with van der Waals surface area (Å²) >= 11 is 0. The number of carbonyl (C=O) groups is 12. The van der Waals surface area contributed by atoms with Gasteiger partial charge in [-0.25, -0.2) is 4.79 Å². The number of carbonyl (C=O) groups excluding carboxylic acids is 11. The summed E-state index contributed by atoms with van der Waals surface area (Å²) in [5, 5.41) is 46.6. The van der Waals surface area contributed by atoms with Crippen molar-refractivity contribution in [2.45, 2.75) is 173 Å². The van der Waals surface area contributed by atoms with Crippen LogP contribution in [0.3, 0.4) is 0 Å². The minimum atomic E-state index is -1.81. The molecule has 0 unspecified atom stereocenters. The maximum atomic E-state index is 14.6. The molecule has 10 atom stereocenters. The molecule has 0 aliphatic carbocycles. The Kier molecular flexibility index (Phi) is 29.6. The van der Waals surface area contributed by atoms with E-state index in [1.165, 1.54) is 24.3 Å². The highest BCUT2D eigenvalue weighted by Gasteiger charge is 2.38. The normalized spacial score (nSPS) is 15.9. The largest absolute Gasteiger partial charge is 0.508 e. The van der Waals surface area contributed by atoms with Crippen LogP contribution in [0.2, 0.25) is 0 Å². The van der Waals surface area contributed by atoms with Crippen LogP contribution in [0.25, 0.3) is 0 Å². The molecule has 4 rings (SSSR count). The van der Waals surface area contributed by atoms with Crippen LogP contribution in [-0.4, -0.2) is 155 Å². The molecule has 1 heterocycles. The van der Waals surface area contributed by atoms with Gasteiger partial charge in [-0.2, -0.15) is 0 Å². The summed E-state index contributed by atoms with van der Waals surface area (Å²) in [6.45, 7) is 10.9. The first-order valence-corrected chi connectivity index (χ1v) is 30.0. The molecule has 1 aliphatic rings. The predicted octanol–water partition coefficient (Wildman–Crippen LogP) is -1.14. The first kappa shape index (κ1) is 72.5. The number of nitrogens with one attached hydrogen (secondary N) is 10. The lowest BCUT2D eigenvalue weighted by Gasteiger charge is -2.29. The van der Waals surface area contributed by atoms with Crippen LogP contribution in [0.4, 0.5) is 0 Å². The summed E-state index contributed by atoms with van der Waals surface area (Å²) in [5.41, 5.74) is 18.5. The van der Waals surface area contributed by atoms with Gasteiger partial charge in [-0.15, -0.1) is 0 Å². The number of rotatable bonds is 37. The van der Waals surface area contributed by atoms with Gasteiger partial charge < -0.3 is 80.6 Å². The molecule has 0 bridgehead atoms. The number of hydrogen-bond donors (Lipinski definition) is 15. The number of amides is 11. The van der Waals surface area contributed by atoms with E-state index in [1.54, 1.807) is 102 Å². The molecule has 1 fully saturated rings. The van der Waals surface area contributed by atoms with Crippen LogP contribution in [0, 0.1) is 17.8 Å². The Labute approximate surface area is 518 Å². The zero-order chi connectivity index (χ0) is 65.9. The van der Waals surface area contributed by atoms with E-state index in [9.17, 15) is 67.7 Å². The molecule has 27 nitrogen and oxygen atoms in total. The Morgan fingerprint density at radius 1 is 0.494 bits per heavy atom. The zero-order valence-electron chi connectivity index (χ0n) is 51.3. The van der Waals surface area contributed by atoms with Gasteiger partial charge in [-0.1, -0.05) is 114 Å². The van der Waals surface area contributed by atoms with Crippen molar-refractivity contribution in [2.75, 3.05) is 13.1 Å². The molecule has 0 saturated carbocycles. The molecule has 1 saturated heterocycles. The summed E-state index contributed by atoms with van der Waals surface area (Å²) < 4.78 is 0. The number of primary amides is 2. The third-order valence-electron chi connectivity index (χ3n) is 14.7. The molecule has 1 aliphatic heterocycles. The summed E-state index contributed by atoms with van der Waals surface area (Å²) in [6.07, 6.45) is -0.705. The number of hydrogen-bond acceptors (Lipinski definition) is 15. The maximum absolute atomic E-state index is 14.6. The highest BCUT2D eigenvalue weighted by atomic mass is 16.4. The highest BCUT2D eigenvalue weighted by molar-refractivity contribution is 6.00. The second-order valence-electron chi connectivity index (χ2n) is 23.4. The number of carboxylic acids is 1. The van der Waals surface area contributed by atoms with E-state index in [0.29, 0.717) is 29.7 Å². The van der Waals surface area contributed by atoms with Crippen molar-refractivity contribution in [3.8, 4) is 5.75 Å². The molecular formula is C62H89N13O14. The molecule has 3 aromatic rings. The van der Waals surface area contributed by atoms with Gasteiger partial charge in [-0.05, 0) is 98.2 Å². The van der Waals surface area contributed by atoms with Crippen molar-refractivity contribution in [2.24, 2.45) is 35.0 Å². The van der Waals surface area contributed by atoms with Crippen molar-refractivity contribution in [3.05, 3.63) is 102 Å². The molecule has 3 aromatic carbocycles. The van der Waals surface area contributed by atoms with Crippen molar-refractivity contribution in [1.82, 2.24) is 53.2 Å². The minimum Gasteiger partial charge on any atom is -0.508 e. The lowest BCUT2D eigenvalue weighted by molar-refractivity contribution is -0.142. The molecule has 0 spiro atoms. The van der Waals surface area contributed by atoms with E-state index in [2.05, 4.69) is 53.2 Å². The Morgan fingerprint density at radius 3 is 1.39 bits per heavy atom. The lowest BCUT2D eigenvalue weighted by atomic mass is 9.99. The molecule has 27 heteroatoms. The Hall–Kier alpha value is -8.98. The van der Waals surface area contributed by atoms with Crippen molar-refractivity contribution < 1.29 is 67.7 Å². The summed E-state index contributed by atoms with van der Waals surface area (Å²) in [4.78, 5) is 164. The number of benzene rings is 3. The number of phenols is 1. The van der Waals surface area contributed by atoms with Crippen LogP contribution in [0.5, 0.6) is 5.75 Å². The van der Waals surface area contributed by atoms with Crippen LogP contribution in [0.1, 0.15) is 110 Å². The van der Waals surface area contributed by atoms with Gasteiger partial charge in [0.15, 0.2) is 0 Å². The number of phenolic OH excluding ortho intramolecular Hbond substituents is 1. The highest BCUT2D eigenvalue weighted by Crippen LogP contribution is 2.16. The third kappa shape index (κ3) is 25.0. The van der Waals surface area contributed by atoms with E-state index in [-0.39, 0.29) is 56.7 Å². The first-order chi connectivity index (χ1) is 42.1. The number of aliphatic carboxylic acids is 1. The monoisotopic (exact) mass is 1240 g/mol. The maximum Gasteiger partial charge on any atom is 0.326 e. The topological polar surface area (TPSA) is 444 Å². The van der Waals surface area contributed by atoms with Gasteiger partial charge in [-0.3, -0.25) is 52.7 Å². The van der Waals surface area contributed by atoms with Crippen LogP contribution in [0.15, 0.2) is 84.9 Å². The third-order valence-corrected chi connectivity index (χ3v) is 14.7. The SMILES string of the molecule is CC(C)C[C@H](NC(=O)[C@H](CCCN)NC(=O)[C@@H](NC(=O)[C@H](Cc1ccc(O)cc1)NC(=O)[C@H](CCC(N)=O)NC(=O)[C@H](CC(N)=O)NC(=O)[C@H](Cc1ccccc1)NC(=O)[C@@H](NC(=O)[C@@H]1CCCN1)C(C)C)C(C)C)C(=O)N[C@@H](Cc1ccccc1)C(=O)O. The fraction of sp³-hybridized carbons (Fsp3) is 0.516. The van der Waals surface area contributed by atoms with Crippen LogP contribution >= 0.6 is 0 Å². The van der Waals surface area contributed by atoms with E-state index < -0.39 is 162 Å². The van der Waals surface area contributed by atoms with Gasteiger partial charge in [0.1, 0.15) is 60.1 Å². The Bertz CT molecular complexity index is 2890. The molecule has 89 heavy (non-hydrogen) atoms. The van der Waals surface area contributed by atoms with Gasteiger partial charge in [0.25, 0.3) is 0 Å². The zero-order valence-corrected chi connectivity index (χ0v) is 51.3. The van der Waals surface area contributed by atoms with Crippen molar-refractivity contribution >= 4 is 70.9 Å². The quantitative estimate of drug-likeness (QED) is 0.0324. The summed E-state index contributed by atoms with van der Waals surface area (Å²) in [6, 6.07) is 9.23. The number of carboxylic acid groups (broad SMARTS) is 1. The lowest BCUT2D eigenvalue weighted by Crippen LogP contribution is -2.62. The molecular weight excluding hydrogens is 1150 g/mol. The van der Waals surface area contributed by atoms with Gasteiger partial charge >= 0.3 is 5.97 Å². The average molecular weight is 1240 g/mol. The molecule has 11 amide bonds. The Balaban J connectivity index is 1.60. The van der Waals surface area contributed by atoms with Gasteiger partial charge in [0.05, 0.1) is 12.5 Å². The Morgan fingerprint density at radius 2 is 0.910 bits per heavy atom.